The van der Waals surface area contributed by atoms with Gasteiger partial charge in [-0.05, 0) is 37.5 Å². The van der Waals surface area contributed by atoms with Crippen LogP contribution in [0.4, 0.5) is 5.13 Å². The second kappa shape index (κ2) is 6.65. The highest BCUT2D eigenvalue weighted by molar-refractivity contribution is 7.09. The second-order valence-electron chi connectivity index (χ2n) is 5.94. The monoisotopic (exact) mass is 317 g/mol. The molecule has 3 rings (SSSR count). The molecule has 0 aliphatic carbocycles. The average Bonchev–Trinajstić information content (AvgIpc) is 3.17. The summed E-state index contributed by atoms with van der Waals surface area (Å²) >= 11 is 1.52. The van der Waals surface area contributed by atoms with E-state index in [1.165, 1.54) is 29.9 Å². The number of hydrogen-bond acceptors (Lipinski definition) is 5. The highest BCUT2D eigenvalue weighted by Gasteiger charge is 2.28. The van der Waals surface area contributed by atoms with Crippen molar-refractivity contribution in [1.82, 2.24) is 9.36 Å². The first-order valence-electron chi connectivity index (χ1n) is 8.02. The maximum atomic E-state index is 5.53. The van der Waals surface area contributed by atoms with Crippen LogP contribution < -0.4 is 9.64 Å². The van der Waals surface area contributed by atoms with Gasteiger partial charge in [-0.15, -0.1) is 0 Å². The number of benzene rings is 1. The summed E-state index contributed by atoms with van der Waals surface area (Å²) in [5.74, 6) is 2.28. The summed E-state index contributed by atoms with van der Waals surface area (Å²) in [5.41, 5.74) is 1.34. The standard InChI is InChI=1S/C17H23N3OS/c1-4-21-14-9-7-13(8-10-14)15-6-5-11-20(15)17-18-16(12(2)3)19-22-17/h7-10,12,15H,4-6,11H2,1-3H3. The Labute approximate surface area is 136 Å². The minimum atomic E-state index is 0.386. The lowest BCUT2D eigenvalue weighted by molar-refractivity contribution is 0.340. The molecule has 1 atom stereocenters. The van der Waals surface area contributed by atoms with Crippen molar-refractivity contribution in [3.05, 3.63) is 35.7 Å². The van der Waals surface area contributed by atoms with E-state index in [0.29, 0.717) is 18.6 Å². The van der Waals surface area contributed by atoms with E-state index in [2.05, 4.69) is 47.4 Å². The molecule has 0 saturated carbocycles. The fourth-order valence-electron chi connectivity index (χ4n) is 2.87. The minimum absolute atomic E-state index is 0.386. The van der Waals surface area contributed by atoms with Crippen molar-refractivity contribution in [3.63, 3.8) is 0 Å². The van der Waals surface area contributed by atoms with Gasteiger partial charge in [0.15, 0.2) is 0 Å². The van der Waals surface area contributed by atoms with Crippen LogP contribution in [0.1, 0.15) is 57.0 Å². The van der Waals surface area contributed by atoms with Crippen molar-refractivity contribution in [2.75, 3.05) is 18.1 Å². The van der Waals surface area contributed by atoms with Crippen molar-refractivity contribution in [3.8, 4) is 5.75 Å². The molecule has 0 spiro atoms. The SMILES string of the molecule is CCOc1ccc(C2CCCN2c2nc(C(C)C)ns2)cc1. The van der Waals surface area contributed by atoms with E-state index in [4.69, 9.17) is 9.72 Å². The molecule has 1 unspecified atom stereocenters. The average molecular weight is 317 g/mol. The summed E-state index contributed by atoms with van der Waals surface area (Å²) in [7, 11) is 0. The molecule has 118 valence electrons. The molecule has 1 fully saturated rings. The van der Waals surface area contributed by atoms with Crippen molar-refractivity contribution < 1.29 is 4.74 Å². The van der Waals surface area contributed by atoms with Crippen LogP contribution in [0.15, 0.2) is 24.3 Å². The van der Waals surface area contributed by atoms with Gasteiger partial charge in [0.1, 0.15) is 11.6 Å². The summed E-state index contributed by atoms with van der Waals surface area (Å²) in [5, 5.41) is 1.06. The van der Waals surface area contributed by atoms with Gasteiger partial charge in [0.25, 0.3) is 0 Å². The topological polar surface area (TPSA) is 38.2 Å². The van der Waals surface area contributed by atoms with E-state index in [0.717, 1.165) is 23.3 Å². The Hall–Kier alpha value is -1.62. The number of aromatic nitrogens is 2. The first-order chi connectivity index (χ1) is 10.7. The highest BCUT2D eigenvalue weighted by atomic mass is 32.1. The van der Waals surface area contributed by atoms with Gasteiger partial charge in [-0.25, -0.2) is 4.98 Å². The molecule has 0 bridgehead atoms. The molecule has 1 aliphatic heterocycles. The fraction of sp³-hybridized carbons (Fsp3) is 0.529. The van der Waals surface area contributed by atoms with Crippen molar-refractivity contribution in [1.29, 1.82) is 0 Å². The van der Waals surface area contributed by atoms with Gasteiger partial charge in [-0.3, -0.25) is 0 Å². The zero-order chi connectivity index (χ0) is 15.5. The van der Waals surface area contributed by atoms with Crippen LogP contribution in [0, 0.1) is 0 Å². The number of anilines is 1. The molecule has 2 heterocycles. The summed E-state index contributed by atoms with van der Waals surface area (Å²) in [6.07, 6.45) is 2.37. The van der Waals surface area contributed by atoms with E-state index in [1.54, 1.807) is 0 Å². The molecule has 0 amide bonds. The van der Waals surface area contributed by atoms with E-state index >= 15 is 0 Å². The maximum absolute atomic E-state index is 5.53. The lowest BCUT2D eigenvalue weighted by Crippen LogP contribution is -2.22. The highest BCUT2D eigenvalue weighted by Crippen LogP contribution is 2.37. The first kappa shape index (κ1) is 15.3. The van der Waals surface area contributed by atoms with E-state index in [1.807, 2.05) is 6.92 Å². The Morgan fingerprint density at radius 2 is 2.09 bits per heavy atom. The van der Waals surface area contributed by atoms with Gasteiger partial charge in [0, 0.05) is 24.0 Å². The predicted molar refractivity (Wildman–Crippen MR) is 90.9 cm³/mol. The predicted octanol–water partition coefficient (Wildman–Crippen LogP) is 4.40. The lowest BCUT2D eigenvalue weighted by atomic mass is 10.0. The summed E-state index contributed by atoms with van der Waals surface area (Å²) < 4.78 is 10.0. The molecular weight excluding hydrogens is 294 g/mol. The first-order valence-corrected chi connectivity index (χ1v) is 8.79. The molecule has 0 radical (unpaired) electrons. The van der Waals surface area contributed by atoms with Gasteiger partial charge in [-0.2, -0.15) is 4.37 Å². The van der Waals surface area contributed by atoms with Gasteiger partial charge in [0.2, 0.25) is 5.13 Å². The molecule has 5 heteroatoms. The summed E-state index contributed by atoms with van der Waals surface area (Å²) in [4.78, 5) is 7.13. The molecule has 2 aromatic rings. The van der Waals surface area contributed by atoms with Crippen LogP contribution in [0.2, 0.25) is 0 Å². The number of nitrogens with zero attached hydrogens (tertiary/aromatic N) is 3. The van der Waals surface area contributed by atoms with Crippen LogP contribution in [-0.4, -0.2) is 22.5 Å². The van der Waals surface area contributed by atoms with E-state index < -0.39 is 0 Å². The Morgan fingerprint density at radius 3 is 2.73 bits per heavy atom. The quantitative estimate of drug-likeness (QED) is 0.819. The Morgan fingerprint density at radius 1 is 1.32 bits per heavy atom. The third kappa shape index (κ3) is 3.09. The molecule has 4 nitrogen and oxygen atoms in total. The van der Waals surface area contributed by atoms with Gasteiger partial charge < -0.3 is 9.64 Å². The lowest BCUT2D eigenvalue weighted by Gasteiger charge is -2.24. The molecule has 1 aromatic carbocycles. The molecule has 22 heavy (non-hydrogen) atoms. The maximum Gasteiger partial charge on any atom is 0.205 e. The van der Waals surface area contributed by atoms with Crippen molar-refractivity contribution >= 4 is 16.7 Å². The van der Waals surface area contributed by atoms with Gasteiger partial charge in [0.05, 0.1) is 12.6 Å². The van der Waals surface area contributed by atoms with Crippen molar-refractivity contribution in [2.45, 2.75) is 45.6 Å². The third-order valence-corrected chi connectivity index (χ3v) is 4.79. The largest absolute Gasteiger partial charge is 0.494 e. The van der Waals surface area contributed by atoms with E-state index in [-0.39, 0.29) is 0 Å². The van der Waals surface area contributed by atoms with Crippen LogP contribution in [-0.2, 0) is 0 Å². The van der Waals surface area contributed by atoms with E-state index in [9.17, 15) is 0 Å². The summed E-state index contributed by atoms with van der Waals surface area (Å²) in [6, 6.07) is 8.89. The smallest absolute Gasteiger partial charge is 0.205 e. The normalized spacial score (nSPS) is 18.2. The van der Waals surface area contributed by atoms with Gasteiger partial charge in [-0.1, -0.05) is 26.0 Å². The molecular formula is C17H23N3OS. The van der Waals surface area contributed by atoms with Crippen LogP contribution >= 0.6 is 11.5 Å². The zero-order valence-corrected chi connectivity index (χ0v) is 14.3. The number of hydrogen-bond donors (Lipinski definition) is 0. The number of rotatable bonds is 5. The Kier molecular flexibility index (Phi) is 4.62. The van der Waals surface area contributed by atoms with Crippen LogP contribution in [0.25, 0.3) is 0 Å². The Balaban J connectivity index is 1.79. The fourth-order valence-corrected chi connectivity index (χ4v) is 3.76. The second-order valence-corrected chi connectivity index (χ2v) is 6.67. The van der Waals surface area contributed by atoms with Gasteiger partial charge >= 0.3 is 0 Å². The number of ether oxygens (including phenoxy) is 1. The van der Waals surface area contributed by atoms with Crippen molar-refractivity contribution in [2.24, 2.45) is 0 Å². The molecule has 1 aliphatic rings. The summed E-state index contributed by atoms with van der Waals surface area (Å²) in [6.45, 7) is 8.05. The zero-order valence-electron chi connectivity index (χ0n) is 13.5. The van der Waals surface area contributed by atoms with Crippen LogP contribution in [0.3, 0.4) is 0 Å². The third-order valence-electron chi connectivity index (χ3n) is 4.02. The molecule has 1 aromatic heterocycles. The van der Waals surface area contributed by atoms with Crippen LogP contribution in [0.5, 0.6) is 5.75 Å². The molecule has 1 saturated heterocycles. The Bertz CT molecular complexity index is 609. The molecule has 0 N–H and O–H groups in total. The minimum Gasteiger partial charge on any atom is -0.494 e.